The predicted molar refractivity (Wildman–Crippen MR) is 139 cm³/mol. The Kier molecular flexibility index (Phi) is 6.29. The molecule has 0 aliphatic rings. The number of hydrogen-bond acceptors (Lipinski definition) is 3. The second-order valence-electron chi connectivity index (χ2n) is 7.71. The van der Waals surface area contributed by atoms with E-state index in [9.17, 15) is 21.6 Å². The van der Waals surface area contributed by atoms with Crippen LogP contribution in [0.2, 0.25) is 0 Å². The number of halogens is 4. The summed E-state index contributed by atoms with van der Waals surface area (Å²) in [5, 5.41) is 3.66. The second-order valence-corrected chi connectivity index (χ2v) is 14.0. The van der Waals surface area contributed by atoms with E-state index in [-0.39, 0.29) is 4.90 Å². The van der Waals surface area contributed by atoms with Gasteiger partial charge in [-0.3, -0.25) is 0 Å². The molecule has 0 bridgehead atoms. The summed E-state index contributed by atoms with van der Waals surface area (Å²) in [6, 6.07) is 30.1. The van der Waals surface area contributed by atoms with Gasteiger partial charge in [0.25, 0.3) is 0 Å². The Morgan fingerprint density at radius 3 is 1.54 bits per heavy atom. The number of alkyl halides is 3. The molecule has 0 aliphatic heterocycles. The SMILES string of the molecule is O=S(=O)(OI(c1cccc2ccccc12)c1cccc2ccccc12)c1ccc(C(F)(F)F)cc1. The first kappa shape index (κ1) is 23.8. The summed E-state index contributed by atoms with van der Waals surface area (Å²) in [5.74, 6) is 0. The van der Waals surface area contributed by atoms with Gasteiger partial charge in [0.05, 0.1) is 0 Å². The van der Waals surface area contributed by atoms with Gasteiger partial charge in [-0.2, -0.15) is 0 Å². The van der Waals surface area contributed by atoms with E-state index >= 15 is 0 Å². The molecule has 5 rings (SSSR count). The van der Waals surface area contributed by atoms with Crippen molar-refractivity contribution in [3.8, 4) is 0 Å². The Morgan fingerprint density at radius 2 is 1.06 bits per heavy atom. The van der Waals surface area contributed by atoms with Crippen molar-refractivity contribution in [3.63, 3.8) is 0 Å². The van der Waals surface area contributed by atoms with E-state index in [4.69, 9.17) is 2.51 Å². The van der Waals surface area contributed by atoms with E-state index in [0.717, 1.165) is 53.0 Å². The summed E-state index contributed by atoms with van der Waals surface area (Å²) >= 11 is -3.14. The summed E-state index contributed by atoms with van der Waals surface area (Å²) < 4.78 is 73.3. The monoisotopic (exact) mass is 606 g/mol. The molecule has 0 radical (unpaired) electrons. The summed E-state index contributed by atoms with van der Waals surface area (Å²) in [4.78, 5) is -0.312. The van der Waals surface area contributed by atoms with Crippen molar-refractivity contribution in [3.05, 3.63) is 122 Å². The molecule has 5 aromatic rings. The number of hydrogen-bond donors (Lipinski definition) is 0. The van der Waals surface area contributed by atoms with Crippen molar-refractivity contribution in [1.82, 2.24) is 0 Å². The molecule has 5 aromatic carbocycles. The molecule has 0 fully saturated rings. The van der Waals surface area contributed by atoms with Crippen LogP contribution in [0.1, 0.15) is 5.56 Å². The summed E-state index contributed by atoms with van der Waals surface area (Å²) in [6.45, 7) is 0. The van der Waals surface area contributed by atoms with Crippen molar-refractivity contribution in [2.24, 2.45) is 0 Å². The zero-order chi connectivity index (χ0) is 24.6. The van der Waals surface area contributed by atoms with Gasteiger partial charge in [-0.25, -0.2) is 0 Å². The third-order valence-corrected chi connectivity index (χ3v) is 13.1. The maximum atomic E-state index is 13.4. The van der Waals surface area contributed by atoms with E-state index in [2.05, 4.69) is 0 Å². The van der Waals surface area contributed by atoms with Gasteiger partial charge in [-0.05, 0) is 0 Å². The van der Waals surface area contributed by atoms with Gasteiger partial charge in [0.2, 0.25) is 0 Å². The zero-order valence-electron chi connectivity index (χ0n) is 18.0. The van der Waals surface area contributed by atoms with Crippen LogP contribution in [0.5, 0.6) is 0 Å². The van der Waals surface area contributed by atoms with E-state index in [1.807, 2.05) is 84.9 Å². The fraction of sp³-hybridized carbons (Fsp3) is 0.0370. The Bertz CT molecular complexity index is 1540. The molecule has 0 unspecified atom stereocenters. The van der Waals surface area contributed by atoms with Crippen LogP contribution in [-0.2, 0) is 18.8 Å². The molecule has 0 N–H and O–H groups in total. The van der Waals surface area contributed by atoms with Crippen LogP contribution >= 0.6 is 20.2 Å². The Labute approximate surface area is 208 Å². The van der Waals surface area contributed by atoms with Crippen LogP contribution in [0.4, 0.5) is 13.2 Å². The zero-order valence-corrected chi connectivity index (χ0v) is 21.0. The first-order valence-electron chi connectivity index (χ1n) is 10.5. The van der Waals surface area contributed by atoms with E-state index in [0.29, 0.717) is 0 Å². The third kappa shape index (κ3) is 4.78. The predicted octanol–water partition coefficient (Wildman–Crippen LogP) is 7.88. The quantitative estimate of drug-likeness (QED) is 0.191. The molecule has 178 valence electrons. The van der Waals surface area contributed by atoms with Gasteiger partial charge in [0.1, 0.15) is 0 Å². The first-order chi connectivity index (χ1) is 16.7. The summed E-state index contributed by atoms with van der Waals surface area (Å²) in [5.41, 5.74) is -0.921. The fourth-order valence-electron chi connectivity index (χ4n) is 3.78. The molecule has 0 atom stereocenters. The number of benzene rings is 5. The average molecular weight is 606 g/mol. The van der Waals surface area contributed by atoms with Crippen LogP contribution in [0, 0.1) is 7.14 Å². The van der Waals surface area contributed by atoms with E-state index < -0.39 is 42.1 Å². The van der Waals surface area contributed by atoms with E-state index in [1.165, 1.54) is 0 Å². The first-order valence-corrected chi connectivity index (χ1v) is 15.0. The fourth-order valence-corrected chi connectivity index (χ4v) is 11.6. The third-order valence-electron chi connectivity index (χ3n) is 5.46. The molecule has 0 spiro atoms. The Morgan fingerprint density at radius 1 is 0.600 bits per heavy atom. The van der Waals surface area contributed by atoms with Crippen molar-refractivity contribution < 1.29 is 24.1 Å². The topological polar surface area (TPSA) is 43.4 Å². The molecule has 0 aliphatic carbocycles. The minimum atomic E-state index is -4.56. The summed E-state index contributed by atoms with van der Waals surface area (Å²) in [7, 11) is -4.35. The molecule has 8 heteroatoms. The van der Waals surface area contributed by atoms with Gasteiger partial charge in [-0.1, -0.05) is 0 Å². The van der Waals surface area contributed by atoms with Gasteiger partial charge in [0.15, 0.2) is 0 Å². The van der Waals surface area contributed by atoms with Crippen molar-refractivity contribution >= 4 is 51.9 Å². The summed E-state index contributed by atoms with van der Waals surface area (Å²) in [6.07, 6.45) is -4.56. The standard InChI is InChI=1S/C27H18F3IO3S/c28-27(29,30)21-15-17-22(18-16-21)35(32,33)34-31(25-13-5-9-19-7-1-3-11-23(19)25)26-14-6-10-20-8-2-4-12-24(20)26/h1-18H. The number of rotatable bonds is 5. The molecule has 0 amide bonds. The van der Waals surface area contributed by atoms with Gasteiger partial charge in [0, 0.05) is 0 Å². The molecule has 3 nitrogen and oxygen atoms in total. The second kappa shape index (κ2) is 9.25. The van der Waals surface area contributed by atoms with Crippen LogP contribution < -0.4 is 0 Å². The average Bonchev–Trinajstić information content (AvgIpc) is 2.86. The van der Waals surface area contributed by atoms with E-state index in [1.54, 1.807) is 0 Å². The molecule has 0 saturated heterocycles. The molecule has 0 saturated carbocycles. The van der Waals surface area contributed by atoms with Crippen molar-refractivity contribution in [2.45, 2.75) is 11.1 Å². The van der Waals surface area contributed by atoms with Crippen LogP contribution in [0.15, 0.2) is 114 Å². The van der Waals surface area contributed by atoms with Gasteiger partial charge >= 0.3 is 209 Å². The van der Waals surface area contributed by atoms with Crippen molar-refractivity contribution in [2.75, 3.05) is 0 Å². The normalized spacial score (nSPS) is 12.7. The van der Waals surface area contributed by atoms with Crippen LogP contribution in [-0.4, -0.2) is 8.42 Å². The molecular weight excluding hydrogens is 588 g/mol. The minimum absolute atomic E-state index is 0.312. The van der Waals surface area contributed by atoms with Crippen LogP contribution in [0.25, 0.3) is 21.5 Å². The van der Waals surface area contributed by atoms with Gasteiger partial charge < -0.3 is 0 Å². The number of fused-ring (bicyclic) bond motifs is 2. The molecule has 0 heterocycles. The molecule has 35 heavy (non-hydrogen) atoms. The Balaban J connectivity index is 1.67. The van der Waals surface area contributed by atoms with Crippen LogP contribution in [0.3, 0.4) is 0 Å². The molecular formula is C27H18F3IO3S. The Hall–Kier alpha value is -2.95. The van der Waals surface area contributed by atoms with Crippen molar-refractivity contribution in [1.29, 1.82) is 0 Å². The van der Waals surface area contributed by atoms with Gasteiger partial charge in [-0.15, -0.1) is 0 Å². The maximum absolute atomic E-state index is 13.4. The molecule has 0 aromatic heterocycles.